The molecule has 0 atom stereocenters. The SMILES string of the molecule is CCCCN(CCCC)CCOC1(CN(CCCC)CCCC)Oc2ccc(cc2)O1. The van der Waals surface area contributed by atoms with Gasteiger partial charge in [-0.05, 0) is 76.1 Å². The predicted octanol–water partition coefficient (Wildman–Crippen LogP) is 5.93. The van der Waals surface area contributed by atoms with E-state index in [2.05, 4.69) is 37.5 Å². The number of ether oxygens (including phenoxy) is 3. The van der Waals surface area contributed by atoms with Crippen LogP contribution in [0.2, 0.25) is 0 Å². The second-order valence-electron chi connectivity index (χ2n) is 8.74. The minimum Gasteiger partial charge on any atom is -0.429 e. The largest absolute Gasteiger partial charge is 0.429 e. The van der Waals surface area contributed by atoms with E-state index in [9.17, 15) is 0 Å². The van der Waals surface area contributed by atoms with Crippen LogP contribution < -0.4 is 9.47 Å². The summed E-state index contributed by atoms with van der Waals surface area (Å²) in [6.45, 7) is 15.5. The summed E-state index contributed by atoms with van der Waals surface area (Å²) in [6, 6.07) is 7.88. The van der Waals surface area contributed by atoms with E-state index in [4.69, 9.17) is 14.2 Å². The van der Waals surface area contributed by atoms with Gasteiger partial charge in [-0.1, -0.05) is 53.4 Å². The first-order valence-electron chi connectivity index (χ1n) is 12.7. The average molecular weight is 435 g/mol. The molecule has 2 heterocycles. The maximum absolute atomic E-state index is 6.46. The standard InChI is InChI=1S/C26H46N2O3/c1-5-9-17-27(18-10-6-2)21-22-29-26(23-28(19-11-7-3)20-12-8-4)30-24-13-14-25(31-26)16-15-24/h13-16H,5-12,17-23H2,1-4H3. The van der Waals surface area contributed by atoms with E-state index >= 15 is 0 Å². The second kappa shape index (κ2) is 14.7. The van der Waals surface area contributed by atoms with Crippen LogP contribution in [0, 0.1) is 0 Å². The summed E-state index contributed by atoms with van der Waals surface area (Å²) in [5.74, 6) is 0.530. The fourth-order valence-corrected chi connectivity index (χ4v) is 3.86. The van der Waals surface area contributed by atoms with Crippen molar-refractivity contribution in [2.24, 2.45) is 0 Å². The van der Waals surface area contributed by atoms with Crippen LogP contribution in [0.1, 0.15) is 79.1 Å². The molecular formula is C26H46N2O3. The molecule has 1 aromatic carbocycles. The first-order valence-corrected chi connectivity index (χ1v) is 12.7. The van der Waals surface area contributed by atoms with Crippen molar-refractivity contribution in [2.45, 2.75) is 85.0 Å². The Morgan fingerprint density at radius 2 is 1.06 bits per heavy atom. The molecule has 0 amide bonds. The molecule has 0 aromatic heterocycles. The van der Waals surface area contributed by atoms with E-state index in [1.807, 2.05) is 24.3 Å². The van der Waals surface area contributed by atoms with Crippen molar-refractivity contribution in [3.63, 3.8) is 0 Å². The molecule has 3 rings (SSSR count). The van der Waals surface area contributed by atoms with Gasteiger partial charge < -0.3 is 19.1 Å². The minimum atomic E-state index is -1.08. The van der Waals surface area contributed by atoms with Crippen LogP contribution in [0.5, 0.6) is 11.5 Å². The molecule has 5 nitrogen and oxygen atoms in total. The van der Waals surface area contributed by atoms with E-state index in [0.717, 1.165) is 44.2 Å². The number of unbranched alkanes of at least 4 members (excludes halogenated alkanes) is 4. The van der Waals surface area contributed by atoms with Crippen LogP contribution >= 0.6 is 0 Å². The normalized spacial score (nSPS) is 14.6. The van der Waals surface area contributed by atoms with Gasteiger partial charge in [-0.3, -0.25) is 4.90 Å². The third-order valence-electron chi connectivity index (χ3n) is 5.83. The van der Waals surface area contributed by atoms with Crippen molar-refractivity contribution in [1.82, 2.24) is 9.80 Å². The molecule has 31 heavy (non-hydrogen) atoms. The lowest BCUT2D eigenvalue weighted by atomic mass is 10.2. The molecule has 0 saturated carbocycles. The maximum Gasteiger partial charge on any atom is 0.385 e. The van der Waals surface area contributed by atoms with Crippen molar-refractivity contribution in [1.29, 1.82) is 0 Å². The molecule has 0 radical (unpaired) electrons. The Morgan fingerprint density at radius 3 is 1.48 bits per heavy atom. The fourth-order valence-electron chi connectivity index (χ4n) is 3.86. The number of fused-ring (bicyclic) bond motifs is 4. The van der Waals surface area contributed by atoms with Crippen molar-refractivity contribution < 1.29 is 14.2 Å². The Balaban J connectivity index is 2.06. The first kappa shape index (κ1) is 26.0. The molecule has 5 heteroatoms. The predicted molar refractivity (Wildman–Crippen MR) is 129 cm³/mol. The minimum absolute atomic E-state index is 0.601. The van der Waals surface area contributed by atoms with E-state index in [1.54, 1.807) is 0 Å². The smallest absolute Gasteiger partial charge is 0.385 e. The third kappa shape index (κ3) is 9.38. The zero-order valence-electron chi connectivity index (χ0n) is 20.5. The van der Waals surface area contributed by atoms with Crippen LogP contribution in [-0.2, 0) is 4.74 Å². The van der Waals surface area contributed by atoms with Gasteiger partial charge in [0, 0.05) is 6.54 Å². The van der Waals surface area contributed by atoms with Crippen LogP contribution in [0.15, 0.2) is 24.3 Å². The summed E-state index contributed by atoms with van der Waals surface area (Å²) in [6.07, 6.45) is 9.60. The first-order chi connectivity index (χ1) is 15.1. The molecule has 0 fully saturated rings. The molecule has 0 unspecified atom stereocenters. The number of rotatable bonds is 18. The van der Waals surface area contributed by atoms with E-state index in [0.29, 0.717) is 13.2 Å². The molecule has 0 N–H and O–H groups in total. The highest BCUT2D eigenvalue weighted by Crippen LogP contribution is 2.31. The van der Waals surface area contributed by atoms with Crippen molar-refractivity contribution in [2.75, 3.05) is 45.9 Å². The summed E-state index contributed by atoms with van der Waals surface area (Å²) in [5.41, 5.74) is 0. The summed E-state index contributed by atoms with van der Waals surface area (Å²) < 4.78 is 19.1. The Morgan fingerprint density at radius 1 is 0.645 bits per heavy atom. The summed E-state index contributed by atoms with van der Waals surface area (Å²) in [4.78, 5) is 4.97. The van der Waals surface area contributed by atoms with E-state index < -0.39 is 5.97 Å². The van der Waals surface area contributed by atoms with Crippen molar-refractivity contribution in [3.8, 4) is 11.5 Å². The number of nitrogens with zero attached hydrogens (tertiary/aromatic N) is 2. The van der Waals surface area contributed by atoms with Gasteiger partial charge in [-0.25, -0.2) is 0 Å². The summed E-state index contributed by atoms with van der Waals surface area (Å²) in [7, 11) is 0. The third-order valence-corrected chi connectivity index (χ3v) is 5.83. The average Bonchev–Trinajstić information content (AvgIpc) is 3.06. The lowest BCUT2D eigenvalue weighted by molar-refractivity contribution is -0.306. The van der Waals surface area contributed by atoms with Gasteiger partial charge >= 0.3 is 5.97 Å². The summed E-state index contributed by atoms with van der Waals surface area (Å²) >= 11 is 0. The lowest BCUT2D eigenvalue weighted by Gasteiger charge is -2.36. The van der Waals surface area contributed by atoms with Crippen LogP contribution in [0.25, 0.3) is 0 Å². The van der Waals surface area contributed by atoms with Crippen LogP contribution in [0.3, 0.4) is 0 Å². The second-order valence-corrected chi connectivity index (χ2v) is 8.74. The Hall–Kier alpha value is -1.30. The van der Waals surface area contributed by atoms with Gasteiger partial charge in [-0.2, -0.15) is 0 Å². The summed E-state index contributed by atoms with van der Waals surface area (Å²) in [5, 5.41) is 0. The van der Waals surface area contributed by atoms with E-state index in [-0.39, 0.29) is 0 Å². The van der Waals surface area contributed by atoms with Gasteiger partial charge in [0.15, 0.2) is 0 Å². The van der Waals surface area contributed by atoms with Crippen molar-refractivity contribution in [3.05, 3.63) is 24.3 Å². The van der Waals surface area contributed by atoms with Crippen LogP contribution in [-0.4, -0.2) is 61.6 Å². The van der Waals surface area contributed by atoms with Gasteiger partial charge in [0.05, 0.1) is 6.61 Å². The molecule has 0 spiro atoms. The highest BCUT2D eigenvalue weighted by atomic mass is 16.9. The molecular weight excluding hydrogens is 388 g/mol. The maximum atomic E-state index is 6.46. The van der Waals surface area contributed by atoms with Gasteiger partial charge in [0.25, 0.3) is 0 Å². The zero-order valence-corrected chi connectivity index (χ0v) is 20.5. The van der Waals surface area contributed by atoms with Gasteiger partial charge in [0.1, 0.15) is 18.0 Å². The highest BCUT2D eigenvalue weighted by Gasteiger charge is 2.40. The quantitative estimate of drug-likeness (QED) is 0.286. The van der Waals surface area contributed by atoms with Crippen molar-refractivity contribution >= 4 is 0 Å². The molecule has 2 bridgehead atoms. The topological polar surface area (TPSA) is 34.2 Å². The number of benzene rings is 1. The van der Waals surface area contributed by atoms with Crippen LogP contribution in [0.4, 0.5) is 0 Å². The number of hydrogen-bond donors (Lipinski definition) is 0. The molecule has 0 saturated heterocycles. The zero-order chi connectivity index (χ0) is 22.4. The Labute approximate surface area is 191 Å². The van der Waals surface area contributed by atoms with Gasteiger partial charge in [0.2, 0.25) is 0 Å². The number of hydrogen-bond acceptors (Lipinski definition) is 5. The molecule has 2 aliphatic heterocycles. The Bertz CT molecular complexity index is 538. The lowest BCUT2D eigenvalue weighted by Crippen LogP contribution is -2.54. The fraction of sp³-hybridized carbons (Fsp3) is 0.769. The molecule has 0 aliphatic carbocycles. The monoisotopic (exact) mass is 434 g/mol. The highest BCUT2D eigenvalue weighted by molar-refractivity contribution is 5.33. The molecule has 2 aliphatic rings. The van der Waals surface area contributed by atoms with E-state index in [1.165, 1.54) is 51.4 Å². The van der Waals surface area contributed by atoms with Gasteiger partial charge in [-0.15, -0.1) is 0 Å². The Kier molecular flexibility index (Phi) is 12.3. The molecule has 178 valence electrons. The molecule has 1 aromatic rings.